The van der Waals surface area contributed by atoms with Crippen LogP contribution in [0.15, 0.2) is 121 Å². The Bertz CT molecular complexity index is 4810. The number of carbonyl (C=O) groups excluding carboxylic acids is 12. The summed E-state index contributed by atoms with van der Waals surface area (Å²) in [6.45, 7) is 23.4. The lowest BCUT2D eigenvalue weighted by molar-refractivity contribution is -0.158. The molecule has 10 fully saturated rings. The fourth-order valence-corrected chi connectivity index (χ4v) is 19.2. The van der Waals surface area contributed by atoms with E-state index < -0.39 is 99.4 Å². The molecule has 802 valence electrons. The predicted octanol–water partition coefficient (Wildman–Crippen LogP) is 7.77. The maximum Gasteiger partial charge on any atom is 0.331 e. The summed E-state index contributed by atoms with van der Waals surface area (Å²) in [6, 6.07) is 34.1. The average molecular weight is 2050 g/mol. The molecule has 145 heavy (non-hydrogen) atoms. The molecule has 6 amide bonds. The first-order chi connectivity index (χ1) is 68.8. The number of esters is 6. The minimum Gasteiger partial charge on any atom is -0.481 e. The molecular weight excluding hydrogens is 1890 g/mol. The monoisotopic (exact) mass is 2050 g/mol. The van der Waals surface area contributed by atoms with Gasteiger partial charge in [-0.15, -0.1) is 12.4 Å². The second kappa shape index (κ2) is 61.1. The van der Waals surface area contributed by atoms with Crippen molar-refractivity contribution in [2.24, 2.45) is 5.73 Å². The molecule has 10 heterocycles. The molecule has 39 nitrogen and oxygen atoms in total. The van der Waals surface area contributed by atoms with Crippen LogP contribution in [-0.4, -0.2) is 351 Å². The fraction of sp³-hybridized carbons (Fsp3) is 0.619. The molecule has 0 spiro atoms. The highest BCUT2D eigenvalue weighted by molar-refractivity contribution is 5.96. The molecule has 8 atom stereocenters. The normalized spacial score (nSPS) is 22.3. The average Bonchev–Trinajstić information content (AvgIpc) is 1.66. The molecule has 0 unspecified atom stereocenters. The molecule has 0 bridgehead atoms. The van der Waals surface area contributed by atoms with Crippen LogP contribution in [0.4, 0.5) is 0 Å². The Labute approximate surface area is 857 Å². The Morgan fingerprint density at radius 2 is 0.648 bits per heavy atom. The van der Waals surface area contributed by atoms with Crippen molar-refractivity contribution >= 4 is 108 Å². The van der Waals surface area contributed by atoms with Crippen LogP contribution >= 0.6 is 12.4 Å². The number of rotatable bonds is 37. The summed E-state index contributed by atoms with van der Waals surface area (Å²) < 4.78 is 30.6. The van der Waals surface area contributed by atoms with Crippen molar-refractivity contribution in [1.82, 2.24) is 60.0 Å². The number of ether oxygens (including phenoxy) is 6. The van der Waals surface area contributed by atoms with E-state index in [4.69, 9.17) is 39.6 Å². The Hall–Kier alpha value is -11.6. The van der Waals surface area contributed by atoms with Crippen molar-refractivity contribution in [3.63, 3.8) is 0 Å². The van der Waals surface area contributed by atoms with Gasteiger partial charge in [0.1, 0.15) is 72.2 Å². The smallest absolute Gasteiger partial charge is 0.331 e. The van der Waals surface area contributed by atoms with E-state index in [-0.39, 0.29) is 132 Å². The van der Waals surface area contributed by atoms with Gasteiger partial charge in [-0.1, -0.05) is 121 Å². The van der Waals surface area contributed by atoms with Gasteiger partial charge >= 0.3 is 59.7 Å². The van der Waals surface area contributed by atoms with Crippen LogP contribution in [0.25, 0.3) is 0 Å². The third kappa shape index (κ3) is 38.6. The summed E-state index contributed by atoms with van der Waals surface area (Å²) in [5.74, 6) is -7.60. The summed E-state index contributed by atoms with van der Waals surface area (Å²) in [7, 11) is 2.81. The molecule has 4 aromatic rings. The number of benzene rings is 4. The Kier molecular flexibility index (Phi) is 50.7. The van der Waals surface area contributed by atoms with Crippen LogP contribution in [-0.2, 0) is 132 Å². The van der Waals surface area contributed by atoms with Gasteiger partial charge in [-0.25, -0.2) is 19.2 Å². The largest absolute Gasteiger partial charge is 0.481 e. The Morgan fingerprint density at radius 3 is 0.972 bits per heavy atom. The number of carboxylic acids is 4. The second-order valence-corrected chi connectivity index (χ2v) is 39.1. The molecule has 10 aliphatic heterocycles. The molecule has 0 aliphatic carbocycles. The first-order valence-electron chi connectivity index (χ1n) is 50.7. The molecule has 0 radical (unpaired) electrons. The number of nitrogens with one attached hydrogen (secondary N) is 3. The molecule has 4 aromatic carbocycles. The molecule has 0 aromatic heterocycles. The minimum atomic E-state index is -1.29. The van der Waals surface area contributed by atoms with Crippen molar-refractivity contribution in [1.29, 1.82) is 0 Å². The van der Waals surface area contributed by atoms with Gasteiger partial charge in [-0.05, 0) is 277 Å². The minimum absolute atomic E-state index is 0. The number of amides is 6. The highest BCUT2D eigenvalue weighted by Crippen LogP contribution is 2.35. The molecule has 40 heteroatoms. The summed E-state index contributed by atoms with van der Waals surface area (Å²) in [4.78, 5) is 209. The number of hydrogen-bond donors (Lipinski definition) is 8. The number of carboxylic acid groups (broad SMARTS) is 4. The van der Waals surface area contributed by atoms with Crippen molar-refractivity contribution in [2.45, 2.75) is 274 Å². The van der Waals surface area contributed by atoms with Crippen LogP contribution in [0.1, 0.15) is 224 Å². The van der Waals surface area contributed by atoms with Crippen LogP contribution in [0.2, 0.25) is 0 Å². The van der Waals surface area contributed by atoms with E-state index in [1.165, 1.54) is 32.0 Å². The maximum absolute atomic E-state index is 13.6. The zero-order valence-corrected chi connectivity index (χ0v) is 86.2. The topological polar surface area (TPSA) is 501 Å². The van der Waals surface area contributed by atoms with Gasteiger partial charge in [-0.2, -0.15) is 0 Å². The SMILES string of the molecule is COC(=O)[C@]1(C)CCCN1.COC(=O)[C@]1(C)CCCN1C(=O)CN1CCCC1.C[C@@]1(C(=O)N[C@@H](CCC(=O)O)C(=O)O)CCCN1C(=O)CN1CCCC1.C[C@@]1(C(=O)N[C@@H](CCC(=O)OCc2ccccc2)C(=O)OCc2ccccc2)CCCN1C(=O)CN1CCCC1.C[C@@]1(C(=O)O)CCCN1C(=O)CN1CCCC1.Cl.N[C@@H](CCC(=O)OCc1ccccc1)C(=O)OCc1ccccc1.O=C(O)CN1CCCC1. The lowest BCUT2D eigenvalue weighted by Crippen LogP contribution is -2.59. The molecular formula is C105H154ClN13O26. The molecule has 0 saturated carbocycles. The van der Waals surface area contributed by atoms with Gasteiger partial charge < -0.3 is 90.1 Å². The second-order valence-electron chi connectivity index (χ2n) is 39.1. The van der Waals surface area contributed by atoms with E-state index >= 15 is 0 Å². The first-order valence-corrected chi connectivity index (χ1v) is 50.7. The molecule has 10 saturated heterocycles. The van der Waals surface area contributed by atoms with Crippen LogP contribution in [0.5, 0.6) is 0 Å². The lowest BCUT2D eigenvalue weighted by Gasteiger charge is -2.36. The summed E-state index contributed by atoms with van der Waals surface area (Å²) in [5.41, 5.74) is 4.89. The number of likely N-dealkylation sites (tertiary alicyclic amines) is 9. The number of hydrogen-bond acceptors (Lipinski definition) is 29. The van der Waals surface area contributed by atoms with Gasteiger partial charge in [0.2, 0.25) is 35.4 Å². The van der Waals surface area contributed by atoms with E-state index in [0.29, 0.717) is 84.3 Å². The Balaban J connectivity index is 0.000000240. The van der Waals surface area contributed by atoms with Crippen molar-refractivity contribution < 1.29 is 126 Å². The van der Waals surface area contributed by atoms with E-state index in [2.05, 4.69) is 40.3 Å². The third-order valence-electron chi connectivity index (χ3n) is 28.0. The Morgan fingerprint density at radius 1 is 0.345 bits per heavy atom. The zero-order chi connectivity index (χ0) is 105. The van der Waals surface area contributed by atoms with Crippen LogP contribution in [0.3, 0.4) is 0 Å². The van der Waals surface area contributed by atoms with Crippen molar-refractivity contribution in [3.05, 3.63) is 144 Å². The van der Waals surface area contributed by atoms with E-state index in [1.54, 1.807) is 35.5 Å². The maximum atomic E-state index is 13.6. The molecule has 14 rings (SSSR count). The number of methoxy groups -OCH3 is 2. The highest BCUT2D eigenvalue weighted by Gasteiger charge is 2.51. The fourth-order valence-electron chi connectivity index (χ4n) is 19.2. The number of nitrogens with two attached hydrogens (primary N) is 1. The van der Waals surface area contributed by atoms with Gasteiger partial charge in [0.05, 0.1) is 46.9 Å². The van der Waals surface area contributed by atoms with Gasteiger partial charge in [0.15, 0.2) is 0 Å². The number of nitrogens with zero attached hydrogens (tertiary/aromatic N) is 9. The number of halogens is 1. The third-order valence-corrected chi connectivity index (χ3v) is 28.0. The molecule has 10 aliphatic rings. The first kappa shape index (κ1) is 120. The van der Waals surface area contributed by atoms with E-state index in [1.807, 2.05) is 140 Å². The highest BCUT2D eigenvalue weighted by atomic mass is 35.5. The van der Waals surface area contributed by atoms with Gasteiger partial charge in [0.25, 0.3) is 0 Å². The van der Waals surface area contributed by atoms with Crippen molar-refractivity contribution in [3.8, 4) is 0 Å². The summed E-state index contributed by atoms with van der Waals surface area (Å²) in [6.07, 6.45) is 18.1. The quantitative estimate of drug-likeness (QED) is 0.0158. The zero-order valence-electron chi connectivity index (χ0n) is 85.4. The number of carbonyl (C=O) groups is 16. The van der Waals surface area contributed by atoms with Crippen LogP contribution in [0, 0.1) is 0 Å². The van der Waals surface area contributed by atoms with Gasteiger partial charge in [-0.3, -0.25) is 82.0 Å². The number of aliphatic carboxylic acids is 4. The standard InChI is InChI=1S/C31H39N3O6.C19H21NO4.C17H27N3O6.C13H22N2O3.C12H20N2O3.C7H13NO2.C6H11NO2.ClH/c1-31(17-10-20-34(31)27(35)21-33-18-8-9-19-33)30(38)32-26(29(37)40-23-25-13-6-3-7-14-25)15-16-28(36)39-22-24-11-4-2-5-12-24;20-17(19(22)24-14-16-9-5-2-6-10-16)11-12-18(21)23-13-15-7-3-1-4-8-15;1-17(16(26)18-12(15(24)25)5-6-14(22)23)7-4-10-20(17)13(21)11-19-8-2-3-9-19;1-13(12(17)18-2)6-5-9-15(13)11(16)10-14-7-3-4-8-14;1-12(11(16)17)5-4-8-14(12)10(15)9-13-6-2-3-7-13;1-7(6(9)10-2)4-3-5-8-7;8-6(9)5-7-3-1-2-4-7;/h2-7,11-14,26H,8-10,15-23H2,1H3,(H,32,38);1-10,17H,11-14,20H2;12H,2-11H2,1H3,(H,18,26)(H,22,23)(H,24,25);3-10H2,1-2H3;2-9H2,1H3,(H,16,17);8H,3-5H2,1-2H3;1-5H2,(H,8,9);1H/t26-,31-;17-;12-,17-;13-;12-;7-;;/m000000../s1. The van der Waals surface area contributed by atoms with Crippen LogP contribution < -0.4 is 21.7 Å². The summed E-state index contributed by atoms with van der Waals surface area (Å²) in [5, 5.41) is 43.9. The van der Waals surface area contributed by atoms with E-state index in [9.17, 15) is 86.9 Å². The molecule has 9 N–H and O–H groups in total. The van der Waals surface area contributed by atoms with Gasteiger partial charge in [0, 0.05) is 45.4 Å². The summed E-state index contributed by atoms with van der Waals surface area (Å²) >= 11 is 0. The van der Waals surface area contributed by atoms with E-state index in [0.717, 1.165) is 171 Å². The lowest BCUT2D eigenvalue weighted by atomic mass is 9.96. The van der Waals surface area contributed by atoms with Crippen molar-refractivity contribution in [2.75, 3.05) is 145 Å². The predicted molar refractivity (Wildman–Crippen MR) is 538 cm³/mol.